The van der Waals surface area contributed by atoms with E-state index in [0.717, 1.165) is 0 Å². The van der Waals surface area contributed by atoms with Crippen molar-refractivity contribution in [1.82, 2.24) is 4.98 Å². The predicted octanol–water partition coefficient (Wildman–Crippen LogP) is 2.89. The van der Waals surface area contributed by atoms with Crippen molar-refractivity contribution in [2.45, 2.75) is 6.92 Å². The molecule has 1 aromatic carbocycles. The minimum Gasteiger partial charge on any atom is -0.478 e. The summed E-state index contributed by atoms with van der Waals surface area (Å²) in [6, 6.07) is 6.18. The Bertz CT molecular complexity index is 581. The van der Waals surface area contributed by atoms with Crippen LogP contribution in [0.5, 0.6) is 0 Å². The summed E-state index contributed by atoms with van der Waals surface area (Å²) in [5, 5.41) is 9.05. The Morgan fingerprint density at radius 2 is 2.06 bits per heavy atom. The monoisotopic (exact) mass is 231 g/mol. The van der Waals surface area contributed by atoms with E-state index in [1.165, 1.54) is 18.5 Å². The highest BCUT2D eigenvalue weighted by Gasteiger charge is 2.14. The normalized spacial score (nSPS) is 10.2. The molecule has 0 saturated heterocycles. The molecule has 0 atom stereocenters. The van der Waals surface area contributed by atoms with E-state index in [4.69, 9.17) is 5.11 Å². The average Bonchev–Trinajstić information content (AvgIpc) is 2.33. The molecule has 1 aromatic heterocycles. The van der Waals surface area contributed by atoms with E-state index >= 15 is 0 Å². The number of pyridine rings is 1. The number of nitrogens with zero attached hydrogens (tertiary/aromatic N) is 1. The molecular weight excluding hydrogens is 221 g/mol. The predicted molar refractivity (Wildman–Crippen MR) is 61.3 cm³/mol. The first-order valence-corrected chi connectivity index (χ1v) is 5.04. The average molecular weight is 231 g/mol. The quantitative estimate of drug-likeness (QED) is 0.864. The van der Waals surface area contributed by atoms with Crippen molar-refractivity contribution in [3.8, 4) is 11.1 Å². The van der Waals surface area contributed by atoms with Gasteiger partial charge in [0.1, 0.15) is 5.82 Å². The number of carboxylic acids is 1. The van der Waals surface area contributed by atoms with Crippen LogP contribution in [0.25, 0.3) is 11.1 Å². The van der Waals surface area contributed by atoms with Gasteiger partial charge in [0.2, 0.25) is 0 Å². The van der Waals surface area contributed by atoms with Crippen LogP contribution in [0.1, 0.15) is 15.9 Å². The second-order valence-electron chi connectivity index (χ2n) is 3.64. The summed E-state index contributed by atoms with van der Waals surface area (Å²) >= 11 is 0. The molecule has 17 heavy (non-hydrogen) atoms. The lowest BCUT2D eigenvalue weighted by Crippen LogP contribution is -2.01. The lowest BCUT2D eigenvalue weighted by molar-refractivity contribution is 0.0697. The maximum Gasteiger partial charge on any atom is 0.337 e. The highest BCUT2D eigenvalue weighted by Crippen LogP contribution is 2.27. The van der Waals surface area contributed by atoms with Gasteiger partial charge in [-0.15, -0.1) is 0 Å². The summed E-state index contributed by atoms with van der Waals surface area (Å²) in [4.78, 5) is 14.8. The molecule has 0 aliphatic carbocycles. The molecule has 1 heterocycles. The van der Waals surface area contributed by atoms with E-state index < -0.39 is 5.97 Å². The standard InChI is InChI=1S/C13H10FNO2/c1-8-9(3-2-4-12(8)14)10-5-6-15-7-11(10)13(16)17/h2-7H,1H3,(H,16,17). The molecule has 0 fully saturated rings. The summed E-state index contributed by atoms with van der Waals surface area (Å²) in [6.45, 7) is 1.62. The van der Waals surface area contributed by atoms with Crippen molar-refractivity contribution in [3.05, 3.63) is 53.6 Å². The van der Waals surface area contributed by atoms with E-state index in [2.05, 4.69) is 4.98 Å². The number of hydrogen-bond acceptors (Lipinski definition) is 2. The molecule has 4 heteroatoms. The molecule has 0 bridgehead atoms. The second kappa shape index (κ2) is 4.33. The maximum absolute atomic E-state index is 13.4. The molecule has 0 radical (unpaired) electrons. The first-order chi connectivity index (χ1) is 8.11. The van der Waals surface area contributed by atoms with E-state index in [1.807, 2.05) is 0 Å². The van der Waals surface area contributed by atoms with Crippen molar-refractivity contribution in [1.29, 1.82) is 0 Å². The van der Waals surface area contributed by atoms with Crippen LogP contribution in [0.3, 0.4) is 0 Å². The van der Waals surface area contributed by atoms with Gasteiger partial charge >= 0.3 is 5.97 Å². The number of aromatic nitrogens is 1. The molecule has 2 rings (SSSR count). The Morgan fingerprint density at radius 3 is 2.76 bits per heavy atom. The van der Waals surface area contributed by atoms with E-state index in [1.54, 1.807) is 25.1 Å². The first kappa shape index (κ1) is 11.3. The van der Waals surface area contributed by atoms with Gasteiger partial charge in [0, 0.05) is 12.4 Å². The van der Waals surface area contributed by atoms with Gasteiger partial charge in [0.25, 0.3) is 0 Å². The third-order valence-corrected chi connectivity index (χ3v) is 2.61. The summed E-state index contributed by atoms with van der Waals surface area (Å²) in [5.41, 5.74) is 1.55. The van der Waals surface area contributed by atoms with Gasteiger partial charge in [-0.1, -0.05) is 12.1 Å². The smallest absolute Gasteiger partial charge is 0.337 e. The third kappa shape index (κ3) is 2.01. The van der Waals surface area contributed by atoms with E-state index in [0.29, 0.717) is 16.7 Å². The summed E-state index contributed by atoms with van der Waals surface area (Å²) < 4.78 is 13.4. The van der Waals surface area contributed by atoms with Gasteiger partial charge in [-0.25, -0.2) is 9.18 Å². The highest BCUT2D eigenvalue weighted by molar-refractivity contribution is 5.96. The van der Waals surface area contributed by atoms with Crippen LogP contribution >= 0.6 is 0 Å². The topological polar surface area (TPSA) is 50.2 Å². The van der Waals surface area contributed by atoms with Crippen LogP contribution in [0.4, 0.5) is 4.39 Å². The molecule has 0 aliphatic rings. The van der Waals surface area contributed by atoms with Crippen molar-refractivity contribution < 1.29 is 14.3 Å². The molecule has 0 amide bonds. The van der Waals surface area contributed by atoms with E-state index in [-0.39, 0.29) is 11.4 Å². The van der Waals surface area contributed by atoms with E-state index in [9.17, 15) is 9.18 Å². The minimum atomic E-state index is -1.07. The van der Waals surface area contributed by atoms with Crippen LogP contribution in [0.2, 0.25) is 0 Å². The molecule has 86 valence electrons. The lowest BCUT2D eigenvalue weighted by Gasteiger charge is -2.09. The Labute approximate surface area is 97.6 Å². The van der Waals surface area contributed by atoms with Gasteiger partial charge in [0.15, 0.2) is 0 Å². The molecule has 2 aromatic rings. The van der Waals surface area contributed by atoms with Crippen LogP contribution in [-0.4, -0.2) is 16.1 Å². The van der Waals surface area contributed by atoms with Gasteiger partial charge < -0.3 is 5.11 Å². The largest absolute Gasteiger partial charge is 0.478 e. The van der Waals surface area contributed by atoms with Crippen molar-refractivity contribution in [3.63, 3.8) is 0 Å². The Balaban J connectivity index is 2.69. The van der Waals surface area contributed by atoms with Crippen molar-refractivity contribution in [2.24, 2.45) is 0 Å². The fraction of sp³-hybridized carbons (Fsp3) is 0.0769. The number of halogens is 1. The van der Waals surface area contributed by atoms with Gasteiger partial charge in [-0.2, -0.15) is 0 Å². The fourth-order valence-corrected chi connectivity index (χ4v) is 1.70. The molecule has 0 aliphatic heterocycles. The number of carboxylic acid groups (broad SMARTS) is 1. The molecule has 0 spiro atoms. The van der Waals surface area contributed by atoms with Crippen LogP contribution in [0, 0.1) is 12.7 Å². The number of hydrogen-bond donors (Lipinski definition) is 1. The highest BCUT2D eigenvalue weighted by atomic mass is 19.1. The Morgan fingerprint density at radius 1 is 1.29 bits per heavy atom. The summed E-state index contributed by atoms with van der Waals surface area (Å²) in [5.74, 6) is -1.42. The van der Waals surface area contributed by atoms with Crippen molar-refractivity contribution >= 4 is 5.97 Å². The number of carbonyl (C=O) groups is 1. The molecule has 0 saturated carbocycles. The van der Waals surface area contributed by atoms with Crippen LogP contribution in [-0.2, 0) is 0 Å². The zero-order valence-corrected chi connectivity index (χ0v) is 9.14. The van der Waals surface area contributed by atoms with Crippen molar-refractivity contribution in [2.75, 3.05) is 0 Å². The Hall–Kier alpha value is -2.23. The van der Waals surface area contributed by atoms with Crippen LogP contribution < -0.4 is 0 Å². The molecule has 1 N–H and O–H groups in total. The maximum atomic E-state index is 13.4. The minimum absolute atomic E-state index is 0.0706. The SMILES string of the molecule is Cc1c(F)cccc1-c1ccncc1C(=O)O. The third-order valence-electron chi connectivity index (χ3n) is 2.61. The molecular formula is C13H10FNO2. The molecule has 0 unspecified atom stereocenters. The zero-order chi connectivity index (χ0) is 12.4. The van der Waals surface area contributed by atoms with Crippen LogP contribution in [0.15, 0.2) is 36.7 Å². The lowest BCUT2D eigenvalue weighted by atomic mass is 9.97. The second-order valence-corrected chi connectivity index (χ2v) is 3.64. The number of rotatable bonds is 2. The Kier molecular flexibility index (Phi) is 2.87. The zero-order valence-electron chi connectivity index (χ0n) is 9.14. The number of aromatic carboxylic acids is 1. The first-order valence-electron chi connectivity index (χ1n) is 5.04. The fourth-order valence-electron chi connectivity index (χ4n) is 1.70. The summed E-state index contributed by atoms with van der Waals surface area (Å²) in [7, 11) is 0. The summed E-state index contributed by atoms with van der Waals surface area (Å²) in [6.07, 6.45) is 2.76. The number of benzene rings is 1. The molecule has 3 nitrogen and oxygen atoms in total. The van der Waals surface area contributed by atoms with Gasteiger partial charge in [-0.05, 0) is 35.7 Å². The van der Waals surface area contributed by atoms with Gasteiger partial charge in [0.05, 0.1) is 5.56 Å². The van der Waals surface area contributed by atoms with Gasteiger partial charge in [-0.3, -0.25) is 4.98 Å².